The lowest BCUT2D eigenvalue weighted by molar-refractivity contribution is 0.0760. The number of amides is 1. The molecule has 2 fully saturated rings. The van der Waals surface area contributed by atoms with E-state index in [9.17, 15) is 9.90 Å². The van der Waals surface area contributed by atoms with Crippen LogP contribution in [0.25, 0.3) is 0 Å². The van der Waals surface area contributed by atoms with Gasteiger partial charge >= 0.3 is 0 Å². The van der Waals surface area contributed by atoms with Crippen LogP contribution in [0.5, 0.6) is 0 Å². The molecule has 5 heteroatoms. The van der Waals surface area contributed by atoms with E-state index in [-0.39, 0.29) is 12.0 Å². The fourth-order valence-corrected chi connectivity index (χ4v) is 3.12. The van der Waals surface area contributed by atoms with Crippen molar-refractivity contribution in [1.82, 2.24) is 14.5 Å². The maximum absolute atomic E-state index is 12.2. The van der Waals surface area contributed by atoms with E-state index in [1.165, 1.54) is 0 Å². The molecule has 5 nitrogen and oxygen atoms in total. The lowest BCUT2D eigenvalue weighted by atomic mass is 10.0. The summed E-state index contributed by atoms with van der Waals surface area (Å²) in [5.74, 6) is 0.991. The Kier molecular flexibility index (Phi) is 2.43. The Balaban J connectivity index is 1.70. The van der Waals surface area contributed by atoms with Crippen molar-refractivity contribution < 1.29 is 9.90 Å². The highest BCUT2D eigenvalue weighted by Gasteiger charge is 2.42. The van der Waals surface area contributed by atoms with Crippen LogP contribution in [-0.2, 0) is 7.05 Å². The summed E-state index contributed by atoms with van der Waals surface area (Å²) >= 11 is 0. The molecule has 0 radical (unpaired) electrons. The van der Waals surface area contributed by atoms with Gasteiger partial charge in [0, 0.05) is 26.3 Å². The van der Waals surface area contributed by atoms with Crippen LogP contribution in [0, 0.1) is 11.8 Å². The summed E-state index contributed by atoms with van der Waals surface area (Å²) < 4.78 is 1.79. The largest absolute Gasteiger partial charge is 0.393 e. The number of likely N-dealkylation sites (tertiary alicyclic amines) is 1. The second-order valence-electron chi connectivity index (χ2n) is 5.28. The molecule has 92 valence electrons. The predicted octanol–water partition coefficient (Wildman–Crippen LogP) is 0.263. The molecule has 0 bridgehead atoms. The van der Waals surface area contributed by atoms with Gasteiger partial charge in [0.25, 0.3) is 5.91 Å². The topological polar surface area (TPSA) is 58.4 Å². The van der Waals surface area contributed by atoms with Gasteiger partial charge in [0.15, 0.2) is 0 Å². The Morgan fingerprint density at radius 2 is 2.06 bits per heavy atom. The van der Waals surface area contributed by atoms with E-state index in [1.54, 1.807) is 17.1 Å². The number of carbonyl (C=O) groups excluding carboxylic acids is 1. The summed E-state index contributed by atoms with van der Waals surface area (Å²) in [4.78, 5) is 18.1. The van der Waals surface area contributed by atoms with E-state index in [2.05, 4.69) is 4.98 Å². The summed E-state index contributed by atoms with van der Waals surface area (Å²) in [6.07, 6.45) is 4.93. The minimum Gasteiger partial charge on any atom is -0.393 e. The quantitative estimate of drug-likeness (QED) is 0.759. The number of hydrogen-bond donors (Lipinski definition) is 1. The average molecular weight is 235 g/mol. The molecule has 3 rings (SSSR count). The van der Waals surface area contributed by atoms with E-state index >= 15 is 0 Å². The number of aryl methyl sites for hydroxylation is 1. The fraction of sp³-hybridized carbons (Fsp3) is 0.667. The molecule has 1 aromatic heterocycles. The van der Waals surface area contributed by atoms with Gasteiger partial charge in [-0.2, -0.15) is 0 Å². The van der Waals surface area contributed by atoms with Gasteiger partial charge in [-0.25, -0.2) is 4.98 Å². The summed E-state index contributed by atoms with van der Waals surface area (Å²) in [6.45, 7) is 1.55. The Bertz CT molecular complexity index is 429. The molecule has 1 saturated carbocycles. The van der Waals surface area contributed by atoms with Crippen molar-refractivity contribution in [2.75, 3.05) is 13.1 Å². The van der Waals surface area contributed by atoms with Gasteiger partial charge in [0.1, 0.15) is 5.69 Å². The Hall–Kier alpha value is -1.36. The highest BCUT2D eigenvalue weighted by molar-refractivity contribution is 5.92. The molecule has 1 amide bonds. The van der Waals surface area contributed by atoms with Crippen LogP contribution in [0.1, 0.15) is 23.3 Å². The monoisotopic (exact) mass is 235 g/mol. The van der Waals surface area contributed by atoms with Crippen molar-refractivity contribution in [3.8, 4) is 0 Å². The van der Waals surface area contributed by atoms with E-state index in [4.69, 9.17) is 0 Å². The number of rotatable bonds is 1. The molecule has 17 heavy (non-hydrogen) atoms. The van der Waals surface area contributed by atoms with E-state index in [0.717, 1.165) is 25.9 Å². The van der Waals surface area contributed by atoms with Crippen molar-refractivity contribution in [3.05, 3.63) is 18.2 Å². The number of nitrogens with zero attached hydrogens (tertiary/aromatic N) is 3. The number of fused-ring (bicyclic) bond motifs is 1. The molecule has 1 N–H and O–H groups in total. The SMILES string of the molecule is Cn1cnc(C(=O)N2C[C@H]3CC(O)C[C@H]3C2)c1. The normalized spacial score (nSPS) is 31.9. The molecule has 1 aliphatic carbocycles. The van der Waals surface area contributed by atoms with Crippen molar-refractivity contribution >= 4 is 5.91 Å². The van der Waals surface area contributed by atoms with Gasteiger partial charge in [-0.1, -0.05) is 0 Å². The van der Waals surface area contributed by atoms with Crippen LogP contribution in [0.4, 0.5) is 0 Å². The van der Waals surface area contributed by atoms with Crippen molar-refractivity contribution in [1.29, 1.82) is 0 Å². The third-order valence-corrected chi connectivity index (χ3v) is 3.94. The van der Waals surface area contributed by atoms with Crippen LogP contribution < -0.4 is 0 Å². The molecule has 1 unspecified atom stereocenters. The number of aliphatic hydroxyl groups excluding tert-OH is 1. The molecule has 2 heterocycles. The average Bonchev–Trinajstić information content (AvgIpc) is 2.90. The first-order valence-corrected chi connectivity index (χ1v) is 6.09. The first-order chi connectivity index (χ1) is 8.13. The number of hydrogen-bond acceptors (Lipinski definition) is 3. The zero-order valence-electron chi connectivity index (χ0n) is 9.91. The molecule has 1 aliphatic heterocycles. The fourth-order valence-electron chi connectivity index (χ4n) is 3.12. The minimum absolute atomic E-state index is 0.0227. The lowest BCUT2D eigenvalue weighted by Gasteiger charge is -2.16. The highest BCUT2D eigenvalue weighted by atomic mass is 16.3. The van der Waals surface area contributed by atoms with Crippen molar-refractivity contribution in [2.45, 2.75) is 18.9 Å². The Labute approximate surface area is 100 Å². The minimum atomic E-state index is -0.155. The van der Waals surface area contributed by atoms with Gasteiger partial charge in [0.2, 0.25) is 0 Å². The van der Waals surface area contributed by atoms with Crippen LogP contribution in [0.2, 0.25) is 0 Å². The Morgan fingerprint density at radius 3 is 2.59 bits per heavy atom. The van der Waals surface area contributed by atoms with Gasteiger partial charge in [-0.05, 0) is 24.7 Å². The summed E-state index contributed by atoms with van der Waals surface area (Å²) in [5, 5.41) is 9.56. The third kappa shape index (κ3) is 1.84. The van der Waals surface area contributed by atoms with Crippen molar-refractivity contribution in [2.24, 2.45) is 18.9 Å². The zero-order valence-corrected chi connectivity index (χ0v) is 9.91. The van der Waals surface area contributed by atoms with Gasteiger partial charge in [-0.3, -0.25) is 4.79 Å². The van der Waals surface area contributed by atoms with Crippen LogP contribution >= 0.6 is 0 Å². The molecule has 3 atom stereocenters. The maximum Gasteiger partial charge on any atom is 0.274 e. The summed E-state index contributed by atoms with van der Waals surface area (Å²) in [7, 11) is 1.86. The third-order valence-electron chi connectivity index (χ3n) is 3.94. The van der Waals surface area contributed by atoms with Gasteiger partial charge in [0.05, 0.1) is 12.4 Å². The number of aromatic nitrogens is 2. The van der Waals surface area contributed by atoms with Crippen molar-refractivity contribution in [3.63, 3.8) is 0 Å². The number of carbonyl (C=O) groups is 1. The number of aliphatic hydroxyl groups is 1. The second-order valence-corrected chi connectivity index (χ2v) is 5.28. The zero-order chi connectivity index (χ0) is 12.0. The van der Waals surface area contributed by atoms with Gasteiger partial charge < -0.3 is 14.6 Å². The van der Waals surface area contributed by atoms with E-state index < -0.39 is 0 Å². The standard InChI is InChI=1S/C12H17N3O2/c1-14-6-11(13-7-14)12(17)15-4-8-2-10(16)3-9(8)5-15/h6-10,16H,2-5H2,1H3/t8-,9+,10?. The molecule has 1 aromatic rings. The second kappa shape index (κ2) is 3.84. The first-order valence-electron chi connectivity index (χ1n) is 6.09. The highest BCUT2D eigenvalue weighted by Crippen LogP contribution is 2.38. The van der Waals surface area contributed by atoms with Crippen LogP contribution in [-0.4, -0.2) is 44.7 Å². The molecular weight excluding hydrogens is 218 g/mol. The molecule has 0 spiro atoms. The smallest absolute Gasteiger partial charge is 0.274 e. The van der Waals surface area contributed by atoms with Gasteiger partial charge in [-0.15, -0.1) is 0 Å². The molecular formula is C12H17N3O2. The van der Waals surface area contributed by atoms with Crippen LogP contribution in [0.15, 0.2) is 12.5 Å². The lowest BCUT2D eigenvalue weighted by Crippen LogP contribution is -2.30. The molecule has 2 aliphatic rings. The molecule has 0 aromatic carbocycles. The first kappa shape index (κ1) is 10.8. The Morgan fingerprint density at radius 1 is 1.41 bits per heavy atom. The van der Waals surface area contributed by atoms with Crippen LogP contribution in [0.3, 0.4) is 0 Å². The summed E-state index contributed by atoms with van der Waals surface area (Å²) in [5.41, 5.74) is 0.521. The molecule has 1 saturated heterocycles. The summed E-state index contributed by atoms with van der Waals surface area (Å²) in [6, 6.07) is 0. The predicted molar refractivity (Wildman–Crippen MR) is 61.3 cm³/mol. The van der Waals surface area contributed by atoms with E-state index in [0.29, 0.717) is 17.5 Å². The van der Waals surface area contributed by atoms with E-state index in [1.807, 2.05) is 11.9 Å². The number of imidazole rings is 1. The maximum atomic E-state index is 12.2.